The quantitative estimate of drug-likeness (QED) is 0.785. The Hall–Kier alpha value is -0.710. The van der Waals surface area contributed by atoms with Crippen LogP contribution in [0.4, 0.5) is 4.39 Å². The van der Waals surface area contributed by atoms with Gasteiger partial charge in [0.15, 0.2) is 0 Å². The van der Waals surface area contributed by atoms with Gasteiger partial charge in [-0.2, -0.15) is 0 Å². The fourth-order valence-corrected chi connectivity index (χ4v) is 3.30. The minimum Gasteiger partial charge on any atom is -0.309 e. The third-order valence-electron chi connectivity index (χ3n) is 2.97. The van der Waals surface area contributed by atoms with Crippen LogP contribution in [-0.4, -0.2) is 6.54 Å². The van der Waals surface area contributed by atoms with Crippen molar-refractivity contribution in [1.82, 2.24) is 5.32 Å². The first-order valence-electron chi connectivity index (χ1n) is 6.41. The molecule has 0 aliphatic heterocycles. The van der Waals surface area contributed by atoms with E-state index in [1.54, 1.807) is 11.3 Å². The van der Waals surface area contributed by atoms with Crippen molar-refractivity contribution in [2.75, 3.05) is 6.54 Å². The molecule has 0 saturated carbocycles. The number of hydrogen-bond acceptors (Lipinski definition) is 2. The number of rotatable bonds is 6. The van der Waals surface area contributed by atoms with Crippen molar-refractivity contribution in [2.24, 2.45) is 0 Å². The van der Waals surface area contributed by atoms with Gasteiger partial charge in [0, 0.05) is 15.4 Å². The lowest BCUT2D eigenvalue weighted by molar-refractivity contribution is 0.535. The van der Waals surface area contributed by atoms with Crippen molar-refractivity contribution in [2.45, 2.75) is 25.8 Å². The average Bonchev–Trinajstić information content (AvgIpc) is 2.90. The highest BCUT2D eigenvalue weighted by Gasteiger charge is 2.14. The molecule has 1 aromatic carbocycles. The maximum Gasteiger partial charge on any atom is 0.124 e. The Morgan fingerprint density at radius 1 is 1.37 bits per heavy atom. The molecule has 0 aliphatic rings. The molecule has 2 rings (SSSR count). The molecule has 0 amide bonds. The molecule has 1 aromatic heterocycles. The van der Waals surface area contributed by atoms with E-state index < -0.39 is 0 Å². The van der Waals surface area contributed by atoms with E-state index in [0.717, 1.165) is 29.4 Å². The van der Waals surface area contributed by atoms with Gasteiger partial charge in [0.25, 0.3) is 0 Å². The monoisotopic (exact) mass is 341 g/mol. The fourth-order valence-electron chi connectivity index (χ4n) is 1.99. The summed E-state index contributed by atoms with van der Waals surface area (Å²) in [6.07, 6.45) is 1.97. The minimum atomic E-state index is -0.204. The zero-order valence-corrected chi connectivity index (χ0v) is 13.2. The molecule has 1 heterocycles. The van der Waals surface area contributed by atoms with Crippen LogP contribution in [-0.2, 0) is 6.42 Å². The van der Waals surface area contributed by atoms with Gasteiger partial charge < -0.3 is 5.32 Å². The molecule has 0 bridgehead atoms. The Kier molecular flexibility index (Phi) is 5.55. The molecular weight excluding hydrogens is 325 g/mol. The van der Waals surface area contributed by atoms with Gasteiger partial charge in [0.1, 0.15) is 5.82 Å². The van der Waals surface area contributed by atoms with Gasteiger partial charge in [-0.25, -0.2) is 4.39 Å². The topological polar surface area (TPSA) is 12.0 Å². The Bertz CT molecular complexity index is 513. The summed E-state index contributed by atoms with van der Waals surface area (Å²) in [5, 5.41) is 5.65. The summed E-state index contributed by atoms with van der Waals surface area (Å²) in [6.45, 7) is 3.15. The predicted octanol–water partition coefficient (Wildman–Crippen LogP) is 4.93. The smallest absolute Gasteiger partial charge is 0.124 e. The molecule has 19 heavy (non-hydrogen) atoms. The number of halogens is 2. The van der Waals surface area contributed by atoms with Gasteiger partial charge in [-0.15, -0.1) is 11.3 Å². The highest BCUT2D eigenvalue weighted by atomic mass is 79.9. The van der Waals surface area contributed by atoms with Gasteiger partial charge in [-0.05, 0) is 48.5 Å². The van der Waals surface area contributed by atoms with Crippen molar-refractivity contribution >= 4 is 27.3 Å². The van der Waals surface area contributed by atoms with E-state index >= 15 is 0 Å². The van der Waals surface area contributed by atoms with Crippen LogP contribution < -0.4 is 5.32 Å². The molecule has 1 nitrogen and oxygen atoms in total. The number of nitrogens with one attached hydrogen (secondary N) is 1. The summed E-state index contributed by atoms with van der Waals surface area (Å²) in [5.41, 5.74) is 1.13. The Morgan fingerprint density at radius 2 is 2.21 bits per heavy atom. The molecule has 1 N–H and O–H groups in total. The van der Waals surface area contributed by atoms with Crippen LogP contribution in [0.3, 0.4) is 0 Å². The van der Waals surface area contributed by atoms with Gasteiger partial charge in [-0.1, -0.05) is 35.0 Å². The standard InChI is InChI=1S/C15H17BrFNS/c1-2-7-18-14(15-4-3-8-19-15)9-11-5-6-12(17)10-13(11)16/h3-6,8,10,14,18H,2,7,9H2,1H3. The van der Waals surface area contributed by atoms with Crippen LogP contribution in [0.1, 0.15) is 29.8 Å². The maximum absolute atomic E-state index is 13.1. The normalized spacial score (nSPS) is 12.6. The predicted molar refractivity (Wildman–Crippen MR) is 83.2 cm³/mol. The Morgan fingerprint density at radius 3 is 2.84 bits per heavy atom. The summed E-state index contributed by atoms with van der Waals surface area (Å²) in [4.78, 5) is 1.32. The van der Waals surface area contributed by atoms with Crippen LogP contribution in [0, 0.1) is 5.82 Å². The Labute approximate surface area is 126 Å². The molecule has 102 valence electrons. The van der Waals surface area contributed by atoms with E-state index in [-0.39, 0.29) is 5.82 Å². The van der Waals surface area contributed by atoms with Crippen LogP contribution in [0.25, 0.3) is 0 Å². The second kappa shape index (κ2) is 7.17. The van der Waals surface area contributed by atoms with Gasteiger partial charge in [0.05, 0.1) is 0 Å². The van der Waals surface area contributed by atoms with Crippen molar-refractivity contribution in [1.29, 1.82) is 0 Å². The number of benzene rings is 1. The summed E-state index contributed by atoms with van der Waals surface area (Å²) < 4.78 is 14.0. The number of hydrogen-bond donors (Lipinski definition) is 1. The molecular formula is C15H17BrFNS. The lowest BCUT2D eigenvalue weighted by atomic mass is 10.0. The first kappa shape index (κ1) is 14.7. The largest absolute Gasteiger partial charge is 0.309 e. The van der Waals surface area contributed by atoms with Crippen molar-refractivity contribution in [3.05, 3.63) is 56.4 Å². The SMILES string of the molecule is CCCNC(Cc1ccc(F)cc1Br)c1cccs1. The lowest BCUT2D eigenvalue weighted by Crippen LogP contribution is -2.23. The maximum atomic E-state index is 13.1. The van der Waals surface area contributed by atoms with Gasteiger partial charge >= 0.3 is 0 Å². The van der Waals surface area contributed by atoms with E-state index in [1.807, 2.05) is 6.07 Å². The van der Waals surface area contributed by atoms with E-state index in [0.29, 0.717) is 6.04 Å². The molecule has 0 saturated heterocycles. The van der Waals surface area contributed by atoms with Crippen molar-refractivity contribution < 1.29 is 4.39 Å². The Balaban J connectivity index is 2.15. The molecule has 0 spiro atoms. The van der Waals surface area contributed by atoms with E-state index in [2.05, 4.69) is 45.7 Å². The number of thiophene rings is 1. The first-order valence-corrected chi connectivity index (χ1v) is 8.08. The average molecular weight is 342 g/mol. The zero-order valence-electron chi connectivity index (χ0n) is 10.8. The zero-order chi connectivity index (χ0) is 13.7. The highest BCUT2D eigenvalue weighted by molar-refractivity contribution is 9.10. The van der Waals surface area contributed by atoms with E-state index in [1.165, 1.54) is 17.0 Å². The summed E-state index contributed by atoms with van der Waals surface area (Å²) in [7, 11) is 0. The summed E-state index contributed by atoms with van der Waals surface area (Å²) >= 11 is 5.20. The summed E-state index contributed by atoms with van der Waals surface area (Å²) in [5.74, 6) is -0.204. The molecule has 2 aromatic rings. The van der Waals surface area contributed by atoms with E-state index in [4.69, 9.17) is 0 Å². The molecule has 1 unspecified atom stereocenters. The third-order valence-corrected chi connectivity index (χ3v) is 4.69. The van der Waals surface area contributed by atoms with Gasteiger partial charge in [0.2, 0.25) is 0 Å². The summed E-state index contributed by atoms with van der Waals surface area (Å²) in [6, 6.07) is 9.41. The second-order valence-electron chi connectivity index (χ2n) is 4.46. The first-order chi connectivity index (χ1) is 9.20. The van der Waals surface area contributed by atoms with Crippen LogP contribution in [0.5, 0.6) is 0 Å². The molecule has 0 radical (unpaired) electrons. The minimum absolute atomic E-state index is 0.204. The van der Waals surface area contributed by atoms with E-state index in [9.17, 15) is 4.39 Å². The van der Waals surface area contributed by atoms with Gasteiger partial charge in [-0.3, -0.25) is 0 Å². The molecule has 0 fully saturated rings. The second-order valence-corrected chi connectivity index (χ2v) is 6.30. The lowest BCUT2D eigenvalue weighted by Gasteiger charge is -2.18. The third kappa shape index (κ3) is 4.13. The molecule has 1 atom stereocenters. The van der Waals surface area contributed by atoms with Crippen LogP contribution >= 0.6 is 27.3 Å². The van der Waals surface area contributed by atoms with Crippen molar-refractivity contribution in [3.63, 3.8) is 0 Å². The highest BCUT2D eigenvalue weighted by Crippen LogP contribution is 2.27. The fraction of sp³-hybridized carbons (Fsp3) is 0.333. The molecule has 0 aliphatic carbocycles. The van der Waals surface area contributed by atoms with Crippen LogP contribution in [0.15, 0.2) is 40.2 Å². The molecule has 4 heteroatoms. The van der Waals surface area contributed by atoms with Crippen molar-refractivity contribution in [3.8, 4) is 0 Å². The van der Waals surface area contributed by atoms with Crippen LogP contribution in [0.2, 0.25) is 0 Å².